The average Bonchev–Trinajstić information content (AvgIpc) is 3.45. The van der Waals surface area contributed by atoms with Gasteiger partial charge in [0.15, 0.2) is 0 Å². The van der Waals surface area contributed by atoms with Crippen molar-refractivity contribution in [2.45, 2.75) is 57.4 Å². The lowest BCUT2D eigenvalue weighted by Gasteiger charge is -2.37. The molecule has 0 amide bonds. The SMILES string of the molecule is CCNC(CC(N)(CC(NCC)c1ccccn1)c1ccc(CNCc2nc3ccccc3[nH]2)cc1)c1ccccn1. The second-order valence-electron chi connectivity index (χ2n) is 10.8. The molecule has 8 heteroatoms. The molecule has 0 aliphatic heterocycles. The van der Waals surface area contributed by atoms with Gasteiger partial charge in [-0.15, -0.1) is 0 Å². The van der Waals surface area contributed by atoms with Crippen molar-refractivity contribution >= 4 is 11.0 Å². The van der Waals surface area contributed by atoms with Gasteiger partial charge in [0.05, 0.1) is 41.0 Å². The van der Waals surface area contributed by atoms with Crippen LogP contribution in [0.3, 0.4) is 0 Å². The highest BCUT2D eigenvalue weighted by Crippen LogP contribution is 2.37. The van der Waals surface area contributed by atoms with Crippen LogP contribution in [0.2, 0.25) is 0 Å². The molecule has 2 unspecified atom stereocenters. The number of rotatable bonds is 15. The number of H-pyrrole nitrogens is 1. The van der Waals surface area contributed by atoms with Crippen LogP contribution in [0.25, 0.3) is 11.0 Å². The maximum absolute atomic E-state index is 7.46. The van der Waals surface area contributed by atoms with Gasteiger partial charge in [-0.1, -0.05) is 62.4 Å². The highest BCUT2D eigenvalue weighted by Gasteiger charge is 2.35. The normalized spacial score (nSPS) is 14.5. The van der Waals surface area contributed by atoms with E-state index in [9.17, 15) is 0 Å². The zero-order valence-corrected chi connectivity index (χ0v) is 24.6. The summed E-state index contributed by atoms with van der Waals surface area (Å²) >= 11 is 0. The lowest BCUT2D eigenvalue weighted by atomic mass is 9.78. The van der Waals surface area contributed by atoms with Crippen LogP contribution in [0.4, 0.5) is 0 Å². The summed E-state index contributed by atoms with van der Waals surface area (Å²) in [6.45, 7) is 7.29. The first kappa shape index (κ1) is 29.5. The molecular weight excluding hydrogens is 520 g/mol. The van der Waals surface area contributed by atoms with Crippen LogP contribution in [0.1, 0.15) is 67.1 Å². The number of nitrogens with two attached hydrogens (primary N) is 1. The third-order valence-electron chi connectivity index (χ3n) is 7.72. The molecular formula is C34H42N8. The van der Waals surface area contributed by atoms with Gasteiger partial charge in [0, 0.05) is 24.5 Å². The molecule has 0 radical (unpaired) electrons. The van der Waals surface area contributed by atoms with Crippen molar-refractivity contribution in [1.82, 2.24) is 35.9 Å². The molecule has 0 saturated heterocycles. The van der Waals surface area contributed by atoms with Crippen molar-refractivity contribution < 1.29 is 0 Å². The van der Waals surface area contributed by atoms with Crippen LogP contribution in [0.15, 0.2) is 97.3 Å². The number of hydrogen-bond acceptors (Lipinski definition) is 7. The van der Waals surface area contributed by atoms with Gasteiger partial charge < -0.3 is 26.7 Å². The lowest BCUT2D eigenvalue weighted by molar-refractivity contribution is 0.279. The molecule has 8 nitrogen and oxygen atoms in total. The molecule has 6 N–H and O–H groups in total. The minimum atomic E-state index is -0.644. The standard InChI is InChI=1S/C34H42N8/c1-3-37-31(27-11-7-9-19-39-27)21-34(35,22-32(38-4-2)28-12-8-10-20-40-28)26-17-15-25(16-18-26)23-36-24-33-41-29-13-5-6-14-30(29)42-33/h5-20,31-32,36-38H,3-4,21-24,35H2,1-2H3,(H,41,42). The maximum atomic E-state index is 7.46. The Morgan fingerprint density at radius 2 is 1.33 bits per heavy atom. The number of benzene rings is 2. The number of hydrogen-bond donors (Lipinski definition) is 5. The number of imidazole rings is 1. The van der Waals surface area contributed by atoms with Gasteiger partial charge in [-0.2, -0.15) is 0 Å². The molecule has 2 atom stereocenters. The number of pyridine rings is 2. The van der Waals surface area contributed by atoms with E-state index in [0.29, 0.717) is 19.4 Å². The van der Waals surface area contributed by atoms with Gasteiger partial charge in [0.25, 0.3) is 0 Å². The Balaban J connectivity index is 1.36. The average molecular weight is 563 g/mol. The second kappa shape index (κ2) is 14.3. The second-order valence-corrected chi connectivity index (χ2v) is 10.8. The first-order valence-corrected chi connectivity index (χ1v) is 14.9. The first-order chi connectivity index (χ1) is 20.6. The quantitative estimate of drug-likeness (QED) is 0.118. The Labute approximate surface area is 248 Å². The highest BCUT2D eigenvalue weighted by atomic mass is 15.0. The summed E-state index contributed by atoms with van der Waals surface area (Å²) in [4.78, 5) is 17.4. The molecule has 0 spiro atoms. The molecule has 0 aliphatic carbocycles. The fourth-order valence-electron chi connectivity index (χ4n) is 5.64. The molecule has 42 heavy (non-hydrogen) atoms. The monoisotopic (exact) mass is 562 g/mol. The van der Waals surface area contributed by atoms with Gasteiger partial charge in [0.1, 0.15) is 5.82 Å². The third-order valence-corrected chi connectivity index (χ3v) is 7.72. The van der Waals surface area contributed by atoms with Crippen molar-refractivity contribution in [2.75, 3.05) is 13.1 Å². The van der Waals surface area contributed by atoms with E-state index in [2.05, 4.69) is 86.1 Å². The zero-order valence-electron chi connectivity index (χ0n) is 24.6. The summed E-state index contributed by atoms with van der Waals surface area (Å²) in [6, 6.07) is 29.0. The summed E-state index contributed by atoms with van der Waals surface area (Å²) < 4.78 is 0. The van der Waals surface area contributed by atoms with Crippen LogP contribution < -0.4 is 21.7 Å². The van der Waals surface area contributed by atoms with E-state index in [1.165, 1.54) is 5.56 Å². The fraction of sp³-hybridized carbons (Fsp3) is 0.324. The molecule has 0 fully saturated rings. The number of nitrogens with one attached hydrogen (secondary N) is 4. The Morgan fingerprint density at radius 3 is 1.88 bits per heavy atom. The first-order valence-electron chi connectivity index (χ1n) is 14.9. The summed E-state index contributed by atoms with van der Waals surface area (Å²) in [5, 5.41) is 10.8. The highest BCUT2D eigenvalue weighted by molar-refractivity contribution is 5.74. The van der Waals surface area contributed by atoms with E-state index in [1.54, 1.807) is 0 Å². The molecule has 218 valence electrons. The number of nitrogens with zero attached hydrogens (tertiary/aromatic N) is 3. The van der Waals surface area contributed by atoms with Crippen molar-refractivity contribution in [1.29, 1.82) is 0 Å². The Bertz CT molecular complexity index is 1420. The van der Waals surface area contributed by atoms with E-state index in [0.717, 1.165) is 53.4 Å². The molecule has 0 bridgehead atoms. The van der Waals surface area contributed by atoms with E-state index < -0.39 is 5.54 Å². The Morgan fingerprint density at radius 1 is 0.738 bits per heavy atom. The van der Waals surface area contributed by atoms with E-state index >= 15 is 0 Å². The largest absolute Gasteiger partial charge is 0.341 e. The predicted molar refractivity (Wildman–Crippen MR) is 169 cm³/mol. The number of para-hydroxylation sites is 2. The summed E-state index contributed by atoms with van der Waals surface area (Å²) in [5.41, 5.74) is 13.1. The van der Waals surface area contributed by atoms with Crippen molar-refractivity contribution in [2.24, 2.45) is 5.73 Å². The van der Waals surface area contributed by atoms with Crippen molar-refractivity contribution in [3.63, 3.8) is 0 Å². The number of aromatic amines is 1. The smallest absolute Gasteiger partial charge is 0.121 e. The van der Waals surface area contributed by atoms with Gasteiger partial charge >= 0.3 is 0 Å². The molecule has 5 rings (SSSR count). The number of fused-ring (bicyclic) bond motifs is 1. The minimum Gasteiger partial charge on any atom is -0.341 e. The molecule has 3 aromatic heterocycles. The minimum absolute atomic E-state index is 0.0114. The number of aromatic nitrogens is 4. The van der Waals surface area contributed by atoms with Crippen molar-refractivity contribution in [3.8, 4) is 0 Å². The van der Waals surface area contributed by atoms with Gasteiger partial charge in [-0.3, -0.25) is 9.97 Å². The van der Waals surface area contributed by atoms with Gasteiger partial charge in [-0.05, 0) is 73.5 Å². The fourth-order valence-corrected chi connectivity index (χ4v) is 5.64. The summed E-state index contributed by atoms with van der Waals surface area (Å²) in [5.74, 6) is 0.932. The van der Waals surface area contributed by atoms with Gasteiger partial charge in [0.2, 0.25) is 0 Å². The Kier molecular flexibility index (Phi) is 10.0. The zero-order chi connectivity index (χ0) is 29.2. The van der Waals surface area contributed by atoms with Crippen LogP contribution in [-0.4, -0.2) is 33.0 Å². The topological polar surface area (TPSA) is 117 Å². The maximum Gasteiger partial charge on any atom is 0.121 e. The van der Waals surface area contributed by atoms with Crippen LogP contribution >= 0.6 is 0 Å². The van der Waals surface area contributed by atoms with Gasteiger partial charge in [-0.25, -0.2) is 4.98 Å². The third kappa shape index (κ3) is 7.46. The van der Waals surface area contributed by atoms with E-state index in [4.69, 9.17) is 5.73 Å². The van der Waals surface area contributed by atoms with Crippen LogP contribution in [0, 0.1) is 0 Å². The van der Waals surface area contributed by atoms with E-state index in [1.807, 2.05) is 60.9 Å². The molecule has 5 aromatic rings. The lowest BCUT2D eigenvalue weighted by Crippen LogP contribution is -2.44. The summed E-state index contributed by atoms with van der Waals surface area (Å²) in [7, 11) is 0. The molecule has 0 saturated carbocycles. The molecule has 2 aromatic carbocycles. The Hall–Kier alpha value is -3.95. The van der Waals surface area contributed by atoms with Crippen LogP contribution in [-0.2, 0) is 18.6 Å². The summed E-state index contributed by atoms with van der Waals surface area (Å²) in [6.07, 6.45) is 5.08. The van der Waals surface area contributed by atoms with Crippen molar-refractivity contribution in [3.05, 3.63) is 126 Å². The molecule has 0 aliphatic rings. The predicted octanol–water partition coefficient (Wildman–Crippen LogP) is 5.28. The van der Waals surface area contributed by atoms with Crippen LogP contribution in [0.5, 0.6) is 0 Å². The van der Waals surface area contributed by atoms with E-state index in [-0.39, 0.29) is 12.1 Å². The molecule has 3 heterocycles.